The molecule has 124 valence electrons. The minimum Gasteiger partial charge on any atom is -0.368 e. The van der Waals surface area contributed by atoms with E-state index >= 15 is 0 Å². The van der Waals surface area contributed by atoms with Crippen molar-refractivity contribution in [2.75, 3.05) is 36.0 Å². The summed E-state index contributed by atoms with van der Waals surface area (Å²) in [5.41, 5.74) is 3.22. The molecule has 1 N–H and O–H groups in total. The molecule has 0 radical (unpaired) electrons. The molecule has 3 heterocycles. The van der Waals surface area contributed by atoms with Crippen LogP contribution in [0.1, 0.15) is 11.5 Å². The van der Waals surface area contributed by atoms with Crippen LogP contribution in [0.25, 0.3) is 11.0 Å². The molecule has 0 unspecified atom stereocenters. The number of hydrogen-bond acceptors (Lipinski definition) is 4. The van der Waals surface area contributed by atoms with Gasteiger partial charge in [0.15, 0.2) is 0 Å². The number of nitrogens with one attached hydrogen (secondary N) is 1. The van der Waals surface area contributed by atoms with Crippen LogP contribution in [0.15, 0.2) is 30.3 Å². The highest BCUT2D eigenvalue weighted by Crippen LogP contribution is 2.27. The average Bonchev–Trinajstić information content (AvgIpc) is 2.94. The van der Waals surface area contributed by atoms with Gasteiger partial charge in [0.1, 0.15) is 17.3 Å². The number of aryl methyl sites for hydroxylation is 2. The molecule has 0 amide bonds. The zero-order valence-corrected chi connectivity index (χ0v) is 14.6. The minimum absolute atomic E-state index is 0.783. The van der Waals surface area contributed by atoms with Gasteiger partial charge in [-0.05, 0) is 38.1 Å². The minimum atomic E-state index is 0.783. The van der Waals surface area contributed by atoms with Gasteiger partial charge in [-0.15, -0.1) is 0 Å². The van der Waals surface area contributed by atoms with Crippen molar-refractivity contribution in [3.63, 3.8) is 0 Å². The number of hydrogen-bond donors (Lipinski definition) is 1. The van der Waals surface area contributed by atoms with Crippen molar-refractivity contribution in [1.29, 1.82) is 0 Å². The number of aromatic amines is 1. The molecule has 6 heteroatoms. The maximum Gasteiger partial charge on any atom is 0.143 e. The molecule has 2 aromatic heterocycles. The Morgan fingerprint density at radius 3 is 2.50 bits per heavy atom. The van der Waals surface area contributed by atoms with Crippen molar-refractivity contribution in [2.45, 2.75) is 13.8 Å². The lowest BCUT2D eigenvalue weighted by Crippen LogP contribution is -2.47. The fraction of sp³-hybridized carbons (Fsp3) is 0.333. The molecular formula is C18H20ClN5. The normalized spacial score (nSPS) is 15.3. The van der Waals surface area contributed by atoms with Gasteiger partial charge in [-0.1, -0.05) is 17.7 Å². The lowest BCUT2D eigenvalue weighted by molar-refractivity contribution is 0.648. The summed E-state index contributed by atoms with van der Waals surface area (Å²) in [6.07, 6.45) is 0. The SMILES string of the molecule is Cc1nc(N2CCN(c3cccc(Cl)c3)CC2)c2cc(C)[nH]c2n1. The van der Waals surface area contributed by atoms with Crippen molar-refractivity contribution in [3.05, 3.63) is 46.9 Å². The number of H-pyrrole nitrogens is 1. The Balaban J connectivity index is 1.58. The smallest absolute Gasteiger partial charge is 0.143 e. The van der Waals surface area contributed by atoms with E-state index in [4.69, 9.17) is 16.6 Å². The number of rotatable bonds is 2. The number of halogens is 1. The second-order valence-corrected chi connectivity index (χ2v) is 6.70. The summed E-state index contributed by atoms with van der Waals surface area (Å²) in [6.45, 7) is 7.77. The summed E-state index contributed by atoms with van der Waals surface area (Å²) in [6, 6.07) is 10.2. The quantitative estimate of drug-likeness (QED) is 0.774. The predicted octanol–water partition coefficient (Wildman–Crippen LogP) is 3.55. The Morgan fingerprint density at radius 2 is 1.75 bits per heavy atom. The van der Waals surface area contributed by atoms with Gasteiger partial charge in [-0.2, -0.15) is 0 Å². The van der Waals surface area contributed by atoms with E-state index in [0.29, 0.717) is 0 Å². The highest BCUT2D eigenvalue weighted by molar-refractivity contribution is 6.30. The molecule has 1 aliphatic heterocycles. The van der Waals surface area contributed by atoms with Crippen LogP contribution in [0.2, 0.25) is 5.02 Å². The van der Waals surface area contributed by atoms with E-state index in [9.17, 15) is 0 Å². The van der Waals surface area contributed by atoms with Gasteiger partial charge in [0.05, 0.1) is 5.39 Å². The topological polar surface area (TPSA) is 48.1 Å². The second kappa shape index (κ2) is 5.98. The summed E-state index contributed by atoms with van der Waals surface area (Å²) in [7, 11) is 0. The van der Waals surface area contributed by atoms with Gasteiger partial charge in [0.25, 0.3) is 0 Å². The highest BCUT2D eigenvalue weighted by atomic mass is 35.5. The Kier molecular flexibility index (Phi) is 3.81. The van der Waals surface area contributed by atoms with Crippen LogP contribution in [0.3, 0.4) is 0 Å². The van der Waals surface area contributed by atoms with Crippen molar-refractivity contribution in [2.24, 2.45) is 0 Å². The molecule has 24 heavy (non-hydrogen) atoms. The van der Waals surface area contributed by atoms with Crippen LogP contribution < -0.4 is 9.80 Å². The van der Waals surface area contributed by atoms with Crippen LogP contribution >= 0.6 is 11.6 Å². The first-order chi connectivity index (χ1) is 11.6. The maximum atomic E-state index is 6.12. The standard InChI is InChI=1S/C18H20ClN5/c1-12-10-16-17(20-12)21-13(2)22-18(16)24-8-6-23(7-9-24)15-5-3-4-14(19)11-15/h3-5,10-11H,6-9H2,1-2H3,(H,20,21,22). The molecule has 1 aromatic carbocycles. The molecule has 0 aliphatic carbocycles. The van der Waals surface area contributed by atoms with E-state index in [1.807, 2.05) is 25.1 Å². The van der Waals surface area contributed by atoms with Crippen LogP contribution in [0.5, 0.6) is 0 Å². The number of nitrogens with zero attached hydrogens (tertiary/aromatic N) is 4. The van der Waals surface area contributed by atoms with Gasteiger partial charge in [-0.25, -0.2) is 9.97 Å². The van der Waals surface area contributed by atoms with Crippen molar-refractivity contribution in [1.82, 2.24) is 15.0 Å². The van der Waals surface area contributed by atoms with Crippen LogP contribution in [-0.4, -0.2) is 41.1 Å². The van der Waals surface area contributed by atoms with E-state index in [2.05, 4.69) is 38.8 Å². The van der Waals surface area contributed by atoms with Gasteiger partial charge >= 0.3 is 0 Å². The fourth-order valence-corrected chi connectivity index (χ4v) is 3.51. The van der Waals surface area contributed by atoms with E-state index in [1.54, 1.807) is 0 Å². The van der Waals surface area contributed by atoms with Gasteiger partial charge in [-0.3, -0.25) is 0 Å². The third kappa shape index (κ3) is 2.80. The lowest BCUT2D eigenvalue weighted by atomic mass is 10.2. The molecule has 0 saturated carbocycles. The van der Waals surface area contributed by atoms with Crippen LogP contribution in [0.4, 0.5) is 11.5 Å². The number of aromatic nitrogens is 3. The van der Waals surface area contributed by atoms with E-state index in [0.717, 1.165) is 59.6 Å². The summed E-state index contributed by atoms with van der Waals surface area (Å²) >= 11 is 6.12. The molecular weight excluding hydrogens is 322 g/mol. The molecule has 3 aromatic rings. The zero-order chi connectivity index (χ0) is 16.7. The Labute approximate surface area is 146 Å². The Morgan fingerprint density at radius 1 is 1.00 bits per heavy atom. The second-order valence-electron chi connectivity index (χ2n) is 6.26. The molecule has 0 bridgehead atoms. The Bertz CT molecular complexity index is 880. The van der Waals surface area contributed by atoms with Crippen molar-refractivity contribution >= 4 is 34.1 Å². The zero-order valence-electron chi connectivity index (χ0n) is 13.9. The summed E-state index contributed by atoms with van der Waals surface area (Å²) in [5.74, 6) is 1.84. The number of fused-ring (bicyclic) bond motifs is 1. The molecule has 0 spiro atoms. The maximum absolute atomic E-state index is 6.12. The molecule has 0 atom stereocenters. The molecule has 5 nitrogen and oxygen atoms in total. The van der Waals surface area contributed by atoms with Gasteiger partial charge < -0.3 is 14.8 Å². The fourth-order valence-electron chi connectivity index (χ4n) is 3.32. The highest BCUT2D eigenvalue weighted by Gasteiger charge is 2.21. The van der Waals surface area contributed by atoms with Crippen molar-refractivity contribution < 1.29 is 0 Å². The predicted molar refractivity (Wildman–Crippen MR) is 99.2 cm³/mol. The third-order valence-corrected chi connectivity index (χ3v) is 4.70. The summed E-state index contributed by atoms with van der Waals surface area (Å²) in [4.78, 5) is 17.3. The lowest BCUT2D eigenvalue weighted by Gasteiger charge is -2.37. The number of benzene rings is 1. The average molecular weight is 342 g/mol. The van der Waals surface area contributed by atoms with E-state index in [-0.39, 0.29) is 0 Å². The van der Waals surface area contributed by atoms with Gasteiger partial charge in [0.2, 0.25) is 0 Å². The van der Waals surface area contributed by atoms with Crippen LogP contribution in [-0.2, 0) is 0 Å². The van der Waals surface area contributed by atoms with Crippen LogP contribution in [0, 0.1) is 13.8 Å². The molecule has 4 rings (SSSR count). The summed E-state index contributed by atoms with van der Waals surface area (Å²) in [5, 5.41) is 1.89. The summed E-state index contributed by atoms with van der Waals surface area (Å²) < 4.78 is 0. The largest absolute Gasteiger partial charge is 0.368 e. The Hall–Kier alpha value is -2.27. The van der Waals surface area contributed by atoms with Gasteiger partial charge in [0, 0.05) is 42.6 Å². The molecule has 1 saturated heterocycles. The third-order valence-electron chi connectivity index (χ3n) is 4.47. The van der Waals surface area contributed by atoms with Crippen molar-refractivity contribution in [3.8, 4) is 0 Å². The monoisotopic (exact) mass is 341 g/mol. The first kappa shape index (κ1) is 15.3. The first-order valence-corrected chi connectivity index (χ1v) is 8.57. The first-order valence-electron chi connectivity index (χ1n) is 8.19. The number of anilines is 2. The molecule has 1 fully saturated rings. The molecule has 1 aliphatic rings. The van der Waals surface area contributed by atoms with E-state index in [1.165, 1.54) is 5.69 Å². The number of piperazine rings is 1. The van der Waals surface area contributed by atoms with E-state index < -0.39 is 0 Å².